The summed E-state index contributed by atoms with van der Waals surface area (Å²) in [6.45, 7) is 7.14. The van der Waals surface area contributed by atoms with E-state index in [0.29, 0.717) is 6.04 Å². The normalized spacial score (nSPS) is 29.9. The molecule has 1 aliphatic heterocycles. The minimum atomic E-state index is -0.301. The number of benzene rings is 1. The van der Waals surface area contributed by atoms with Crippen LogP contribution in [0.5, 0.6) is 0 Å². The third-order valence-electron chi connectivity index (χ3n) is 2.80. The van der Waals surface area contributed by atoms with E-state index in [9.17, 15) is 0 Å². The van der Waals surface area contributed by atoms with E-state index in [2.05, 4.69) is 50.4 Å². The van der Waals surface area contributed by atoms with Gasteiger partial charge in [0.05, 0.1) is 6.61 Å². The second-order valence-electron chi connectivity index (χ2n) is 4.20. The summed E-state index contributed by atoms with van der Waals surface area (Å²) in [5.41, 5.74) is 2.21. The largest absolute Gasteiger partial charge is 0.355 e. The SMILES string of the molecule is Cc1ccccc1C1(C)NC(C)CO1.Cl. The number of hydrogen-bond donors (Lipinski definition) is 1. The van der Waals surface area contributed by atoms with Crippen LogP contribution in [0.25, 0.3) is 0 Å². The van der Waals surface area contributed by atoms with Crippen molar-refractivity contribution in [2.45, 2.75) is 32.5 Å². The number of hydrogen-bond acceptors (Lipinski definition) is 2. The summed E-state index contributed by atoms with van der Waals surface area (Å²) in [6.07, 6.45) is 0. The fraction of sp³-hybridized carbons (Fsp3) is 0.500. The van der Waals surface area contributed by atoms with Crippen LogP contribution >= 0.6 is 12.4 Å². The van der Waals surface area contributed by atoms with Crippen molar-refractivity contribution < 1.29 is 4.74 Å². The van der Waals surface area contributed by atoms with Gasteiger partial charge in [0, 0.05) is 11.6 Å². The molecule has 1 saturated heterocycles. The minimum absolute atomic E-state index is 0. The maximum Gasteiger partial charge on any atom is 0.143 e. The van der Waals surface area contributed by atoms with Gasteiger partial charge in [-0.1, -0.05) is 24.3 Å². The van der Waals surface area contributed by atoms with Gasteiger partial charge in [-0.05, 0) is 26.3 Å². The van der Waals surface area contributed by atoms with E-state index in [1.165, 1.54) is 11.1 Å². The Kier molecular flexibility index (Phi) is 3.77. The van der Waals surface area contributed by atoms with Crippen molar-refractivity contribution in [3.63, 3.8) is 0 Å². The highest BCUT2D eigenvalue weighted by Gasteiger charge is 2.35. The summed E-state index contributed by atoms with van der Waals surface area (Å²) >= 11 is 0. The first-order valence-corrected chi connectivity index (χ1v) is 5.09. The topological polar surface area (TPSA) is 21.3 Å². The predicted molar refractivity (Wildman–Crippen MR) is 64.3 cm³/mol. The maximum absolute atomic E-state index is 5.81. The molecule has 1 aromatic rings. The van der Waals surface area contributed by atoms with Crippen LogP contribution in [0.15, 0.2) is 24.3 Å². The molecule has 0 amide bonds. The highest BCUT2D eigenvalue weighted by molar-refractivity contribution is 5.85. The Morgan fingerprint density at radius 1 is 1.40 bits per heavy atom. The first-order chi connectivity index (χ1) is 6.62. The minimum Gasteiger partial charge on any atom is -0.355 e. The maximum atomic E-state index is 5.81. The van der Waals surface area contributed by atoms with E-state index < -0.39 is 0 Å². The van der Waals surface area contributed by atoms with Crippen molar-refractivity contribution in [3.05, 3.63) is 35.4 Å². The van der Waals surface area contributed by atoms with Crippen molar-refractivity contribution in [1.82, 2.24) is 5.32 Å². The molecule has 3 heteroatoms. The summed E-state index contributed by atoms with van der Waals surface area (Å²) in [5, 5.41) is 3.47. The molecule has 1 N–H and O–H groups in total. The average Bonchev–Trinajstić information content (AvgIpc) is 2.48. The molecule has 2 unspecified atom stereocenters. The lowest BCUT2D eigenvalue weighted by molar-refractivity contribution is 0.00187. The molecule has 15 heavy (non-hydrogen) atoms. The van der Waals surface area contributed by atoms with Crippen molar-refractivity contribution in [1.29, 1.82) is 0 Å². The lowest BCUT2D eigenvalue weighted by Gasteiger charge is -2.26. The molecule has 1 heterocycles. The Labute approximate surface area is 97.4 Å². The fourth-order valence-corrected chi connectivity index (χ4v) is 2.11. The molecule has 0 saturated carbocycles. The van der Waals surface area contributed by atoms with Crippen LogP contribution in [0, 0.1) is 6.92 Å². The third-order valence-corrected chi connectivity index (χ3v) is 2.80. The standard InChI is InChI=1S/C12H17NO.ClH/c1-9-6-4-5-7-11(9)12(3)13-10(2)8-14-12;/h4-7,10,13H,8H2,1-3H3;1H. The van der Waals surface area contributed by atoms with Gasteiger partial charge < -0.3 is 4.74 Å². The number of ether oxygens (including phenoxy) is 1. The Hall–Kier alpha value is -0.570. The van der Waals surface area contributed by atoms with Crippen LogP contribution in [0.2, 0.25) is 0 Å². The summed E-state index contributed by atoms with van der Waals surface area (Å²) in [5.74, 6) is 0. The van der Waals surface area contributed by atoms with Gasteiger partial charge in [-0.2, -0.15) is 0 Å². The van der Waals surface area contributed by atoms with E-state index in [-0.39, 0.29) is 18.1 Å². The van der Waals surface area contributed by atoms with Gasteiger partial charge in [0.2, 0.25) is 0 Å². The van der Waals surface area contributed by atoms with Gasteiger partial charge in [-0.25, -0.2) is 0 Å². The van der Waals surface area contributed by atoms with Crippen LogP contribution < -0.4 is 5.32 Å². The van der Waals surface area contributed by atoms with E-state index in [1.54, 1.807) is 0 Å². The second kappa shape index (κ2) is 4.52. The summed E-state index contributed by atoms with van der Waals surface area (Å²) in [6, 6.07) is 8.79. The summed E-state index contributed by atoms with van der Waals surface area (Å²) in [4.78, 5) is 0. The van der Waals surface area contributed by atoms with Crippen LogP contribution in [0.3, 0.4) is 0 Å². The van der Waals surface area contributed by atoms with Gasteiger partial charge in [0.15, 0.2) is 0 Å². The van der Waals surface area contributed by atoms with Crippen molar-refractivity contribution in [3.8, 4) is 0 Å². The molecular weight excluding hydrogens is 210 g/mol. The number of nitrogens with one attached hydrogen (secondary N) is 1. The highest BCUT2D eigenvalue weighted by Crippen LogP contribution is 2.29. The second-order valence-corrected chi connectivity index (χ2v) is 4.20. The smallest absolute Gasteiger partial charge is 0.143 e. The Bertz CT molecular complexity index is 342. The van der Waals surface area contributed by atoms with Crippen LogP contribution in [-0.4, -0.2) is 12.6 Å². The van der Waals surface area contributed by atoms with Gasteiger partial charge in [0.1, 0.15) is 5.72 Å². The van der Waals surface area contributed by atoms with Gasteiger partial charge in [-0.3, -0.25) is 5.32 Å². The van der Waals surface area contributed by atoms with E-state index >= 15 is 0 Å². The molecule has 2 nitrogen and oxygen atoms in total. The Morgan fingerprint density at radius 3 is 2.60 bits per heavy atom. The molecule has 0 aromatic heterocycles. The zero-order valence-corrected chi connectivity index (χ0v) is 10.2. The lowest BCUT2D eigenvalue weighted by atomic mass is 9.99. The Morgan fingerprint density at radius 2 is 2.07 bits per heavy atom. The molecule has 1 aliphatic rings. The van der Waals surface area contributed by atoms with Gasteiger partial charge in [0.25, 0.3) is 0 Å². The van der Waals surface area contributed by atoms with Crippen molar-refractivity contribution in [2.75, 3.05) is 6.61 Å². The molecule has 84 valence electrons. The molecule has 0 radical (unpaired) electrons. The molecule has 0 spiro atoms. The van der Waals surface area contributed by atoms with Crippen molar-refractivity contribution >= 4 is 12.4 Å². The van der Waals surface area contributed by atoms with Crippen LogP contribution in [0.4, 0.5) is 0 Å². The molecular formula is C12H18ClNO. The van der Waals surface area contributed by atoms with E-state index in [0.717, 1.165) is 6.61 Å². The average molecular weight is 228 g/mol. The third kappa shape index (κ3) is 2.33. The lowest BCUT2D eigenvalue weighted by Crippen LogP contribution is -2.38. The van der Waals surface area contributed by atoms with Gasteiger partial charge >= 0.3 is 0 Å². The zero-order chi connectivity index (χ0) is 10.2. The zero-order valence-electron chi connectivity index (χ0n) is 9.41. The van der Waals surface area contributed by atoms with Crippen LogP contribution in [-0.2, 0) is 10.5 Å². The quantitative estimate of drug-likeness (QED) is 0.797. The van der Waals surface area contributed by atoms with E-state index in [1.807, 2.05) is 0 Å². The van der Waals surface area contributed by atoms with Gasteiger partial charge in [-0.15, -0.1) is 12.4 Å². The highest BCUT2D eigenvalue weighted by atomic mass is 35.5. The molecule has 2 atom stereocenters. The molecule has 2 rings (SSSR count). The molecule has 0 aliphatic carbocycles. The fourth-order valence-electron chi connectivity index (χ4n) is 2.11. The summed E-state index contributed by atoms with van der Waals surface area (Å²) in [7, 11) is 0. The van der Waals surface area contributed by atoms with Crippen molar-refractivity contribution in [2.24, 2.45) is 0 Å². The molecule has 0 bridgehead atoms. The Balaban J connectivity index is 0.00000112. The number of rotatable bonds is 1. The molecule has 1 fully saturated rings. The number of halogens is 1. The number of aryl methyl sites for hydroxylation is 1. The van der Waals surface area contributed by atoms with E-state index in [4.69, 9.17) is 4.74 Å². The predicted octanol–water partition coefficient (Wildman–Crippen LogP) is 2.60. The first kappa shape index (κ1) is 12.5. The monoisotopic (exact) mass is 227 g/mol. The first-order valence-electron chi connectivity index (χ1n) is 5.09. The molecule has 1 aromatic carbocycles. The van der Waals surface area contributed by atoms with Crippen LogP contribution in [0.1, 0.15) is 25.0 Å². The summed E-state index contributed by atoms with van der Waals surface area (Å²) < 4.78 is 5.81.